The molecule has 0 bridgehead atoms. The van der Waals surface area contributed by atoms with Crippen molar-refractivity contribution in [2.45, 2.75) is 5.92 Å². The average Bonchev–Trinajstić information content (AvgIpc) is 3.26. The molecule has 8 nitrogen and oxygen atoms in total. The largest absolute Gasteiger partial charge is 0.384 e. The van der Waals surface area contributed by atoms with Gasteiger partial charge in [-0.15, -0.1) is 11.3 Å². The first-order valence-electron chi connectivity index (χ1n) is 12.7. The van der Waals surface area contributed by atoms with Crippen molar-refractivity contribution >= 4 is 81.1 Å². The first-order valence-corrected chi connectivity index (χ1v) is 15.0. The van der Waals surface area contributed by atoms with Crippen LogP contribution in [0, 0.1) is 11.3 Å². The zero-order chi connectivity index (χ0) is 29.3. The van der Waals surface area contributed by atoms with Crippen molar-refractivity contribution in [3.05, 3.63) is 92.7 Å². The van der Waals surface area contributed by atoms with E-state index in [0.717, 1.165) is 37.5 Å². The molecule has 3 heterocycles. The zero-order valence-corrected chi connectivity index (χ0v) is 25.4. The minimum atomic E-state index is -0.922. The summed E-state index contributed by atoms with van der Waals surface area (Å²) in [7, 11) is 0. The van der Waals surface area contributed by atoms with Crippen LogP contribution in [0.25, 0.3) is 17.5 Å². The van der Waals surface area contributed by atoms with Crippen LogP contribution in [0.1, 0.15) is 17.0 Å². The van der Waals surface area contributed by atoms with Gasteiger partial charge >= 0.3 is 0 Å². The number of halogens is 4. The highest BCUT2D eigenvalue weighted by Gasteiger charge is 2.36. The Morgan fingerprint density at radius 3 is 2.46 bits per heavy atom. The van der Waals surface area contributed by atoms with Crippen LogP contribution in [0.5, 0.6) is 0 Å². The normalized spacial score (nSPS) is 17.9. The van der Waals surface area contributed by atoms with E-state index < -0.39 is 17.4 Å². The average molecular weight is 650 g/mol. The lowest BCUT2D eigenvalue weighted by Crippen LogP contribution is -2.47. The van der Waals surface area contributed by atoms with Gasteiger partial charge in [0.05, 0.1) is 27.7 Å². The molecule has 1 atom stereocenters. The van der Waals surface area contributed by atoms with Gasteiger partial charge in [0.15, 0.2) is 0 Å². The van der Waals surface area contributed by atoms with Gasteiger partial charge in [-0.05, 0) is 41.5 Å². The number of amides is 1. The third kappa shape index (κ3) is 6.06. The lowest BCUT2D eigenvalue weighted by atomic mass is 9.83. The molecule has 13 heteroatoms. The van der Waals surface area contributed by atoms with Crippen molar-refractivity contribution in [1.82, 2.24) is 20.1 Å². The fourth-order valence-corrected chi connectivity index (χ4v) is 7.08. The van der Waals surface area contributed by atoms with Gasteiger partial charge in [-0.1, -0.05) is 58.5 Å². The Kier molecular flexibility index (Phi) is 9.12. The number of hydrogen-bond acceptors (Lipinski definition) is 7. The summed E-state index contributed by atoms with van der Waals surface area (Å²) in [6, 6.07) is 11.9. The number of allylic oxidation sites excluding steroid dienone is 1. The highest BCUT2D eigenvalue weighted by atomic mass is 35.5. The van der Waals surface area contributed by atoms with Crippen LogP contribution >= 0.6 is 57.7 Å². The highest BCUT2D eigenvalue weighted by Crippen LogP contribution is 2.40. The Hall–Kier alpha value is -2.81. The number of benzene rings is 2. The van der Waals surface area contributed by atoms with E-state index >= 15 is 0 Å². The number of rotatable bonds is 6. The lowest BCUT2D eigenvalue weighted by Gasteiger charge is -2.28. The second-order valence-electron chi connectivity index (χ2n) is 9.49. The molecule has 0 spiro atoms. The second-order valence-corrected chi connectivity index (χ2v) is 12.2. The van der Waals surface area contributed by atoms with Gasteiger partial charge in [0.2, 0.25) is 0 Å². The smallest absolute Gasteiger partial charge is 0.274 e. The van der Waals surface area contributed by atoms with Crippen molar-refractivity contribution in [3.8, 4) is 6.07 Å². The predicted molar refractivity (Wildman–Crippen MR) is 166 cm³/mol. The third-order valence-corrected chi connectivity index (χ3v) is 9.19. The number of nitrogens with one attached hydrogen (secondary N) is 2. The number of nitrogens with two attached hydrogens (primary N) is 1. The minimum absolute atomic E-state index is 0.0324. The van der Waals surface area contributed by atoms with E-state index in [1.807, 2.05) is 0 Å². The molecule has 4 N–H and O–H groups in total. The molecule has 1 fully saturated rings. The van der Waals surface area contributed by atoms with Crippen molar-refractivity contribution in [2.24, 2.45) is 5.73 Å². The molecule has 3 aromatic rings. The molecule has 2 aromatic carbocycles. The zero-order valence-electron chi connectivity index (χ0n) is 21.5. The third-order valence-electron chi connectivity index (χ3n) is 6.96. The van der Waals surface area contributed by atoms with Crippen molar-refractivity contribution in [3.63, 3.8) is 0 Å². The quantitative estimate of drug-likeness (QED) is 0.378. The molecule has 2 aliphatic heterocycles. The first-order chi connectivity index (χ1) is 19.7. The predicted octanol–water partition coefficient (Wildman–Crippen LogP) is 2.97. The van der Waals surface area contributed by atoms with E-state index in [9.17, 15) is 14.9 Å². The van der Waals surface area contributed by atoms with Crippen molar-refractivity contribution < 1.29 is 4.79 Å². The number of carbonyl (C=O) groups is 1. The summed E-state index contributed by atoms with van der Waals surface area (Å²) in [5, 5.41) is 18.0. The summed E-state index contributed by atoms with van der Waals surface area (Å²) in [5.41, 5.74) is 7.26. The van der Waals surface area contributed by atoms with Gasteiger partial charge in [0.25, 0.3) is 11.5 Å². The van der Waals surface area contributed by atoms with Crippen molar-refractivity contribution in [1.29, 1.82) is 5.26 Å². The number of aromatic nitrogens is 1. The summed E-state index contributed by atoms with van der Waals surface area (Å²) in [4.78, 5) is 29.8. The van der Waals surface area contributed by atoms with Crippen LogP contribution in [0.3, 0.4) is 0 Å². The first kappa shape index (κ1) is 29.7. The molecule has 0 radical (unpaired) electrons. The van der Waals surface area contributed by atoms with E-state index in [0.29, 0.717) is 43.9 Å². The van der Waals surface area contributed by atoms with E-state index in [4.69, 9.17) is 52.1 Å². The van der Waals surface area contributed by atoms with E-state index in [1.165, 1.54) is 4.57 Å². The molecule has 1 unspecified atom stereocenters. The van der Waals surface area contributed by atoms with Crippen LogP contribution in [-0.2, 0) is 4.79 Å². The Balaban J connectivity index is 1.69. The SMILES string of the molecule is N#CC1=C(N)n2c(s/c(=C\c3ccc(Cl)cc3Cl)c2=O)=C(C(=O)NCCN2CCNCC2)C1c1ccc(Cl)cc1Cl. The lowest BCUT2D eigenvalue weighted by molar-refractivity contribution is -0.116. The number of nitriles is 1. The highest BCUT2D eigenvalue weighted by molar-refractivity contribution is 7.07. The molecule has 1 saturated heterocycles. The molecule has 41 heavy (non-hydrogen) atoms. The van der Waals surface area contributed by atoms with Crippen LogP contribution < -0.4 is 31.1 Å². The van der Waals surface area contributed by atoms with Crippen LogP contribution in [0.15, 0.2) is 46.8 Å². The number of hydrogen-bond donors (Lipinski definition) is 3. The maximum atomic E-state index is 13.9. The summed E-state index contributed by atoms with van der Waals surface area (Å²) in [6.07, 6.45) is 1.61. The monoisotopic (exact) mass is 648 g/mol. The molecule has 1 amide bonds. The summed E-state index contributed by atoms with van der Waals surface area (Å²) < 4.78 is 1.79. The van der Waals surface area contributed by atoms with E-state index in [-0.39, 0.29) is 26.5 Å². The van der Waals surface area contributed by atoms with E-state index in [2.05, 4.69) is 21.6 Å². The van der Waals surface area contributed by atoms with Gasteiger partial charge < -0.3 is 16.4 Å². The Morgan fingerprint density at radius 2 is 1.80 bits per heavy atom. The Morgan fingerprint density at radius 1 is 1.12 bits per heavy atom. The summed E-state index contributed by atoms with van der Waals surface area (Å²) >= 11 is 26.2. The number of piperazine rings is 1. The van der Waals surface area contributed by atoms with Gasteiger partial charge in [0, 0.05) is 59.4 Å². The number of carbonyl (C=O) groups excluding carboxylic acids is 1. The molecule has 1 aromatic heterocycles. The van der Waals surface area contributed by atoms with Gasteiger partial charge in [-0.25, -0.2) is 0 Å². The minimum Gasteiger partial charge on any atom is -0.384 e. The summed E-state index contributed by atoms with van der Waals surface area (Å²) in [6.45, 7) is 4.56. The standard InChI is InChI=1S/C28H24Cl4N6O2S/c29-16-2-1-15(20(31)12-16)11-22-27(40)38-25(34)19(14-33)23(18-4-3-17(30)13-21(18)32)24(28(38)41-22)26(39)36-7-10-37-8-5-35-6-9-37/h1-4,11-13,23,35H,5-10,34H2,(H,36,39)/b22-11-. The maximum absolute atomic E-state index is 13.9. The van der Waals surface area contributed by atoms with E-state index in [1.54, 1.807) is 42.5 Å². The summed E-state index contributed by atoms with van der Waals surface area (Å²) in [5.74, 6) is -1.42. The number of nitrogens with zero attached hydrogens (tertiary/aromatic N) is 3. The van der Waals surface area contributed by atoms with Gasteiger partial charge in [-0.2, -0.15) is 5.26 Å². The number of fused-ring (bicyclic) bond motifs is 1. The number of thiazole rings is 1. The maximum Gasteiger partial charge on any atom is 0.274 e. The molecule has 0 saturated carbocycles. The molecule has 212 valence electrons. The van der Waals surface area contributed by atoms with Crippen LogP contribution in [-0.4, -0.2) is 54.6 Å². The molecular weight excluding hydrogens is 626 g/mol. The Labute approximate surface area is 259 Å². The van der Waals surface area contributed by atoms with Crippen LogP contribution in [0.2, 0.25) is 20.1 Å². The van der Waals surface area contributed by atoms with Crippen molar-refractivity contribution in [2.75, 3.05) is 39.3 Å². The molecule has 0 aliphatic carbocycles. The molecular formula is C28H24Cl4N6O2S. The topological polar surface area (TPSA) is 116 Å². The van der Waals surface area contributed by atoms with Gasteiger partial charge in [-0.3, -0.25) is 19.1 Å². The van der Waals surface area contributed by atoms with Crippen LogP contribution in [0.4, 0.5) is 0 Å². The van der Waals surface area contributed by atoms with Gasteiger partial charge in [0.1, 0.15) is 10.5 Å². The molecule has 2 aliphatic rings. The fraction of sp³-hybridized carbons (Fsp3) is 0.250. The fourth-order valence-electron chi connectivity index (χ4n) is 4.93. The Bertz CT molecular complexity index is 1790. The second kappa shape index (κ2) is 12.6. The molecule has 5 rings (SSSR count).